The molecule has 0 aliphatic heterocycles. The van der Waals surface area contributed by atoms with Gasteiger partial charge in [-0.25, -0.2) is 4.79 Å². The molecule has 4 nitrogen and oxygen atoms in total. The normalized spacial score (nSPS) is 10.6. The highest BCUT2D eigenvalue weighted by atomic mass is 16.4. The molecule has 0 fully saturated rings. The second-order valence-corrected chi connectivity index (χ2v) is 2.98. The quantitative estimate of drug-likeness (QED) is 0.652. The van der Waals surface area contributed by atoms with Gasteiger partial charge in [-0.15, -0.1) is 0 Å². The SMILES string of the molecule is NCc1c(N)c2ccccc2oc1=O. The van der Waals surface area contributed by atoms with E-state index in [0.29, 0.717) is 16.8 Å². The summed E-state index contributed by atoms with van der Waals surface area (Å²) in [6, 6.07) is 7.12. The fourth-order valence-electron chi connectivity index (χ4n) is 1.41. The van der Waals surface area contributed by atoms with Crippen molar-refractivity contribution < 1.29 is 4.42 Å². The van der Waals surface area contributed by atoms with Crippen molar-refractivity contribution in [1.82, 2.24) is 0 Å². The van der Waals surface area contributed by atoms with Gasteiger partial charge in [0, 0.05) is 11.9 Å². The van der Waals surface area contributed by atoms with Gasteiger partial charge in [0.25, 0.3) is 0 Å². The third-order valence-electron chi connectivity index (χ3n) is 2.16. The molecule has 72 valence electrons. The van der Waals surface area contributed by atoms with E-state index in [0.717, 1.165) is 5.39 Å². The summed E-state index contributed by atoms with van der Waals surface area (Å²) in [7, 11) is 0. The molecule has 2 aromatic rings. The van der Waals surface area contributed by atoms with E-state index in [1.807, 2.05) is 6.07 Å². The molecule has 0 spiro atoms. The van der Waals surface area contributed by atoms with Gasteiger partial charge in [-0.05, 0) is 12.1 Å². The molecule has 0 aliphatic carbocycles. The Morgan fingerprint density at radius 2 is 2.00 bits per heavy atom. The first-order valence-corrected chi connectivity index (χ1v) is 4.24. The number of benzene rings is 1. The minimum absolute atomic E-state index is 0.0962. The summed E-state index contributed by atoms with van der Waals surface area (Å²) < 4.78 is 5.05. The van der Waals surface area contributed by atoms with Crippen LogP contribution in [0.1, 0.15) is 5.56 Å². The Bertz CT molecular complexity index is 531. The first kappa shape index (κ1) is 8.77. The molecular weight excluding hydrogens is 180 g/mol. The zero-order chi connectivity index (χ0) is 10.1. The molecule has 4 heteroatoms. The number of para-hydroxylation sites is 1. The first-order chi connectivity index (χ1) is 6.74. The van der Waals surface area contributed by atoms with E-state index in [4.69, 9.17) is 15.9 Å². The number of nitrogens with two attached hydrogens (primary N) is 2. The maximum absolute atomic E-state index is 11.4. The predicted molar refractivity (Wildman–Crippen MR) is 54.8 cm³/mol. The largest absolute Gasteiger partial charge is 0.422 e. The lowest BCUT2D eigenvalue weighted by Gasteiger charge is -2.04. The lowest BCUT2D eigenvalue weighted by atomic mass is 10.1. The van der Waals surface area contributed by atoms with E-state index in [1.165, 1.54) is 0 Å². The molecule has 1 heterocycles. The number of anilines is 1. The van der Waals surface area contributed by atoms with Crippen LogP contribution < -0.4 is 17.1 Å². The van der Waals surface area contributed by atoms with Crippen LogP contribution in [-0.4, -0.2) is 0 Å². The summed E-state index contributed by atoms with van der Waals surface area (Å²) in [5, 5.41) is 0.729. The van der Waals surface area contributed by atoms with Crippen LogP contribution in [-0.2, 0) is 6.54 Å². The Balaban J connectivity index is 2.93. The molecule has 0 saturated carbocycles. The molecule has 4 N–H and O–H groups in total. The van der Waals surface area contributed by atoms with Crippen molar-refractivity contribution in [3.63, 3.8) is 0 Å². The van der Waals surface area contributed by atoms with E-state index in [1.54, 1.807) is 18.2 Å². The second kappa shape index (κ2) is 3.16. The number of fused-ring (bicyclic) bond motifs is 1. The summed E-state index contributed by atoms with van der Waals surface area (Å²) in [4.78, 5) is 11.4. The van der Waals surface area contributed by atoms with Crippen LogP contribution in [0.2, 0.25) is 0 Å². The molecule has 0 radical (unpaired) electrons. The second-order valence-electron chi connectivity index (χ2n) is 2.98. The van der Waals surface area contributed by atoms with Crippen LogP contribution in [0.5, 0.6) is 0 Å². The van der Waals surface area contributed by atoms with Gasteiger partial charge in [0.2, 0.25) is 0 Å². The van der Waals surface area contributed by atoms with E-state index in [2.05, 4.69) is 0 Å². The zero-order valence-electron chi connectivity index (χ0n) is 7.49. The molecule has 1 aromatic carbocycles. The van der Waals surface area contributed by atoms with Gasteiger partial charge < -0.3 is 15.9 Å². The molecule has 0 atom stereocenters. The maximum Gasteiger partial charge on any atom is 0.342 e. The highest BCUT2D eigenvalue weighted by Gasteiger charge is 2.09. The zero-order valence-corrected chi connectivity index (χ0v) is 7.49. The number of rotatable bonds is 1. The lowest BCUT2D eigenvalue weighted by Crippen LogP contribution is -2.15. The standard InChI is InChI=1S/C10H10N2O2/c11-5-7-9(12)6-3-1-2-4-8(6)14-10(7)13/h1-4H,5,11-12H2. The van der Waals surface area contributed by atoms with Crippen LogP contribution in [0.25, 0.3) is 11.0 Å². The number of nitrogen functional groups attached to an aromatic ring is 1. The number of hydrogen-bond donors (Lipinski definition) is 2. The topological polar surface area (TPSA) is 82.2 Å². The van der Waals surface area contributed by atoms with Gasteiger partial charge in [0.15, 0.2) is 0 Å². The van der Waals surface area contributed by atoms with Crippen LogP contribution in [0.15, 0.2) is 33.5 Å². The van der Waals surface area contributed by atoms with Gasteiger partial charge in [-0.3, -0.25) is 0 Å². The van der Waals surface area contributed by atoms with Crippen molar-refractivity contribution in [1.29, 1.82) is 0 Å². The van der Waals surface area contributed by atoms with Crippen molar-refractivity contribution in [2.24, 2.45) is 5.73 Å². The van der Waals surface area contributed by atoms with Gasteiger partial charge >= 0.3 is 5.63 Å². The molecule has 0 unspecified atom stereocenters. The Morgan fingerprint density at radius 1 is 1.29 bits per heavy atom. The molecule has 0 amide bonds. The van der Waals surface area contributed by atoms with Crippen molar-refractivity contribution in [3.05, 3.63) is 40.2 Å². The van der Waals surface area contributed by atoms with Gasteiger partial charge in [-0.1, -0.05) is 12.1 Å². The van der Waals surface area contributed by atoms with Crippen molar-refractivity contribution in [2.75, 3.05) is 5.73 Å². The minimum atomic E-state index is -0.455. The Kier molecular flexibility index (Phi) is 1.98. The lowest BCUT2D eigenvalue weighted by molar-refractivity contribution is 0.551. The molecule has 0 aliphatic rings. The molecule has 1 aromatic heterocycles. The van der Waals surface area contributed by atoms with E-state index >= 15 is 0 Å². The average Bonchev–Trinajstić information content (AvgIpc) is 2.18. The average molecular weight is 190 g/mol. The van der Waals surface area contributed by atoms with E-state index < -0.39 is 5.63 Å². The Hall–Kier alpha value is -1.81. The van der Waals surface area contributed by atoms with Crippen molar-refractivity contribution >= 4 is 16.7 Å². The number of hydrogen-bond acceptors (Lipinski definition) is 4. The van der Waals surface area contributed by atoms with Gasteiger partial charge in [-0.2, -0.15) is 0 Å². The van der Waals surface area contributed by atoms with Crippen LogP contribution in [0, 0.1) is 0 Å². The molecule has 2 rings (SSSR count). The first-order valence-electron chi connectivity index (χ1n) is 4.24. The van der Waals surface area contributed by atoms with Crippen molar-refractivity contribution in [2.45, 2.75) is 6.54 Å². The smallest absolute Gasteiger partial charge is 0.342 e. The maximum atomic E-state index is 11.4. The summed E-state index contributed by atoms with van der Waals surface area (Å²) in [5.74, 6) is 0. The third kappa shape index (κ3) is 1.16. The minimum Gasteiger partial charge on any atom is -0.422 e. The summed E-state index contributed by atoms with van der Waals surface area (Å²) in [5.41, 5.74) is 12.0. The fraction of sp³-hybridized carbons (Fsp3) is 0.100. The predicted octanol–water partition coefficient (Wildman–Crippen LogP) is 0.834. The van der Waals surface area contributed by atoms with Gasteiger partial charge in [0.1, 0.15) is 5.58 Å². The highest BCUT2D eigenvalue weighted by Crippen LogP contribution is 2.21. The van der Waals surface area contributed by atoms with Crippen LogP contribution in [0.3, 0.4) is 0 Å². The van der Waals surface area contributed by atoms with E-state index in [-0.39, 0.29) is 6.54 Å². The van der Waals surface area contributed by atoms with Crippen LogP contribution >= 0.6 is 0 Å². The summed E-state index contributed by atoms with van der Waals surface area (Å²) >= 11 is 0. The summed E-state index contributed by atoms with van der Waals surface area (Å²) in [6.07, 6.45) is 0. The van der Waals surface area contributed by atoms with Crippen molar-refractivity contribution in [3.8, 4) is 0 Å². The van der Waals surface area contributed by atoms with Gasteiger partial charge in [0.05, 0.1) is 11.3 Å². The van der Waals surface area contributed by atoms with E-state index in [9.17, 15) is 4.79 Å². The molecule has 14 heavy (non-hydrogen) atoms. The molecule has 0 bridgehead atoms. The van der Waals surface area contributed by atoms with Crippen LogP contribution in [0.4, 0.5) is 5.69 Å². The summed E-state index contributed by atoms with van der Waals surface area (Å²) in [6.45, 7) is 0.0962. The Morgan fingerprint density at radius 3 is 2.71 bits per heavy atom. The molecular formula is C10H10N2O2. The third-order valence-corrected chi connectivity index (χ3v) is 2.16. The Labute approximate surface area is 80.1 Å². The highest BCUT2D eigenvalue weighted by molar-refractivity contribution is 5.89. The fourth-order valence-corrected chi connectivity index (χ4v) is 1.41. The monoisotopic (exact) mass is 190 g/mol. The molecule has 0 saturated heterocycles.